The van der Waals surface area contributed by atoms with E-state index in [-0.39, 0.29) is 5.82 Å². The van der Waals surface area contributed by atoms with E-state index in [1.54, 1.807) is 11.8 Å². The van der Waals surface area contributed by atoms with Gasteiger partial charge >= 0.3 is 0 Å². The van der Waals surface area contributed by atoms with Crippen LogP contribution in [0.25, 0.3) is 11.0 Å². The van der Waals surface area contributed by atoms with E-state index in [9.17, 15) is 4.39 Å². The van der Waals surface area contributed by atoms with Crippen LogP contribution in [-0.4, -0.2) is 28.9 Å². The van der Waals surface area contributed by atoms with E-state index in [1.165, 1.54) is 12.1 Å². The Hall–Kier alpha value is -1.07. The van der Waals surface area contributed by atoms with Crippen molar-refractivity contribution in [2.45, 2.75) is 24.0 Å². The highest BCUT2D eigenvalue weighted by molar-refractivity contribution is 7.98. The minimum atomic E-state index is -0.217. The number of nitrogens with one attached hydrogen (secondary N) is 1. The van der Waals surface area contributed by atoms with Crippen molar-refractivity contribution >= 4 is 22.8 Å². The predicted molar refractivity (Wildman–Crippen MR) is 72.6 cm³/mol. The molecule has 5 heteroatoms. The first-order valence-electron chi connectivity index (χ1n) is 6.22. The average Bonchev–Trinajstić information content (AvgIpc) is 2.77. The fourth-order valence-corrected chi connectivity index (χ4v) is 3.25. The van der Waals surface area contributed by atoms with E-state index >= 15 is 0 Å². The van der Waals surface area contributed by atoms with E-state index in [1.807, 2.05) is 12.3 Å². The van der Waals surface area contributed by atoms with Gasteiger partial charge in [0.05, 0.1) is 11.0 Å². The molecular formula is C13H16FN3S. The van der Waals surface area contributed by atoms with Crippen LogP contribution in [-0.2, 0) is 0 Å². The van der Waals surface area contributed by atoms with E-state index < -0.39 is 0 Å². The van der Waals surface area contributed by atoms with Crippen LogP contribution >= 0.6 is 11.8 Å². The average molecular weight is 265 g/mol. The van der Waals surface area contributed by atoms with Crippen molar-refractivity contribution < 1.29 is 4.39 Å². The van der Waals surface area contributed by atoms with E-state index in [2.05, 4.69) is 14.9 Å². The number of fused-ring (bicyclic) bond motifs is 1. The molecule has 0 unspecified atom stereocenters. The summed E-state index contributed by atoms with van der Waals surface area (Å²) in [7, 11) is 0. The number of piperidine rings is 1. The Balaban J connectivity index is 2.12. The maximum absolute atomic E-state index is 13.3. The van der Waals surface area contributed by atoms with Gasteiger partial charge in [-0.3, -0.25) is 0 Å². The van der Waals surface area contributed by atoms with E-state index in [4.69, 9.17) is 0 Å². The third-order valence-corrected chi connectivity index (χ3v) is 4.13. The van der Waals surface area contributed by atoms with Gasteiger partial charge in [0.2, 0.25) is 0 Å². The van der Waals surface area contributed by atoms with Crippen LogP contribution in [0, 0.1) is 5.82 Å². The van der Waals surface area contributed by atoms with Crippen LogP contribution in [0.4, 0.5) is 4.39 Å². The van der Waals surface area contributed by atoms with Crippen LogP contribution in [0.3, 0.4) is 0 Å². The van der Waals surface area contributed by atoms with Crippen molar-refractivity contribution in [3.63, 3.8) is 0 Å². The van der Waals surface area contributed by atoms with Crippen LogP contribution in [0.15, 0.2) is 23.4 Å². The highest BCUT2D eigenvalue weighted by Gasteiger charge is 2.20. The molecular weight excluding hydrogens is 249 g/mol. The first-order valence-corrected chi connectivity index (χ1v) is 7.44. The Bertz CT molecular complexity index is 561. The predicted octanol–water partition coefficient (Wildman–Crippen LogP) is 2.82. The number of hydrogen-bond donors (Lipinski definition) is 1. The second-order valence-corrected chi connectivity index (χ2v) is 5.36. The van der Waals surface area contributed by atoms with Gasteiger partial charge in [0.15, 0.2) is 5.16 Å². The molecule has 1 aromatic carbocycles. The lowest BCUT2D eigenvalue weighted by molar-refractivity contribution is 0.358. The second kappa shape index (κ2) is 4.90. The number of nitrogens with zero attached hydrogens (tertiary/aromatic N) is 2. The van der Waals surface area contributed by atoms with Gasteiger partial charge in [-0.05, 0) is 44.3 Å². The molecule has 18 heavy (non-hydrogen) atoms. The molecule has 1 aromatic heterocycles. The van der Waals surface area contributed by atoms with Crippen LogP contribution in [0.1, 0.15) is 18.9 Å². The standard InChI is InChI=1S/C13H16FN3S/c1-18-13-16-11-8-9(14)2-3-12(11)17(13)10-4-6-15-7-5-10/h2-3,8,10,15H,4-7H2,1H3. The Morgan fingerprint density at radius 1 is 1.39 bits per heavy atom. The summed E-state index contributed by atoms with van der Waals surface area (Å²) in [5, 5.41) is 4.36. The molecule has 0 radical (unpaired) electrons. The molecule has 96 valence electrons. The third-order valence-electron chi connectivity index (χ3n) is 3.48. The number of aromatic nitrogens is 2. The maximum atomic E-state index is 13.3. The minimum absolute atomic E-state index is 0.217. The first-order chi connectivity index (χ1) is 8.79. The summed E-state index contributed by atoms with van der Waals surface area (Å²) in [6.07, 6.45) is 4.24. The fourth-order valence-electron chi connectivity index (χ4n) is 2.61. The van der Waals surface area contributed by atoms with Gasteiger partial charge in [-0.15, -0.1) is 0 Å². The molecule has 0 spiro atoms. The molecule has 2 heterocycles. The quantitative estimate of drug-likeness (QED) is 0.847. The molecule has 0 aliphatic carbocycles. The van der Waals surface area contributed by atoms with E-state index in [0.29, 0.717) is 6.04 Å². The molecule has 1 aliphatic rings. The van der Waals surface area contributed by atoms with Gasteiger partial charge in [-0.1, -0.05) is 11.8 Å². The Morgan fingerprint density at radius 2 is 2.17 bits per heavy atom. The van der Waals surface area contributed by atoms with Crippen molar-refractivity contribution in [3.05, 3.63) is 24.0 Å². The molecule has 1 saturated heterocycles. The van der Waals surface area contributed by atoms with Crippen LogP contribution < -0.4 is 5.32 Å². The minimum Gasteiger partial charge on any atom is -0.317 e. The molecule has 1 N–H and O–H groups in total. The zero-order valence-electron chi connectivity index (χ0n) is 10.3. The largest absolute Gasteiger partial charge is 0.317 e. The molecule has 2 aromatic rings. The van der Waals surface area contributed by atoms with Crippen LogP contribution in [0.2, 0.25) is 0 Å². The summed E-state index contributed by atoms with van der Waals surface area (Å²) in [6, 6.07) is 5.36. The Kier molecular flexibility index (Phi) is 3.26. The second-order valence-electron chi connectivity index (χ2n) is 4.58. The summed E-state index contributed by atoms with van der Waals surface area (Å²) < 4.78 is 15.5. The van der Waals surface area contributed by atoms with Crippen LogP contribution in [0.5, 0.6) is 0 Å². The van der Waals surface area contributed by atoms with Crippen molar-refractivity contribution in [1.29, 1.82) is 0 Å². The number of halogens is 1. The summed E-state index contributed by atoms with van der Waals surface area (Å²) in [6.45, 7) is 2.08. The van der Waals surface area contributed by atoms with Crippen molar-refractivity contribution in [3.8, 4) is 0 Å². The topological polar surface area (TPSA) is 29.9 Å². The number of rotatable bonds is 2. The number of thioether (sulfide) groups is 1. The number of benzene rings is 1. The zero-order valence-corrected chi connectivity index (χ0v) is 11.1. The normalized spacial score (nSPS) is 17.4. The molecule has 1 aliphatic heterocycles. The van der Waals surface area contributed by atoms with Crippen molar-refractivity contribution in [1.82, 2.24) is 14.9 Å². The molecule has 0 atom stereocenters. The Labute approximate surface area is 110 Å². The summed E-state index contributed by atoms with van der Waals surface area (Å²) in [4.78, 5) is 4.53. The highest BCUT2D eigenvalue weighted by atomic mass is 32.2. The van der Waals surface area contributed by atoms with Crippen molar-refractivity contribution in [2.24, 2.45) is 0 Å². The zero-order chi connectivity index (χ0) is 12.5. The smallest absolute Gasteiger partial charge is 0.169 e. The van der Waals surface area contributed by atoms with E-state index in [0.717, 1.165) is 42.1 Å². The SMILES string of the molecule is CSc1nc2cc(F)ccc2n1C1CCNCC1. The summed E-state index contributed by atoms with van der Waals surface area (Å²) >= 11 is 1.63. The lowest BCUT2D eigenvalue weighted by Crippen LogP contribution is -2.29. The van der Waals surface area contributed by atoms with Gasteiger partial charge in [-0.25, -0.2) is 9.37 Å². The molecule has 0 bridgehead atoms. The lowest BCUT2D eigenvalue weighted by atomic mass is 10.1. The van der Waals surface area contributed by atoms with Crippen molar-refractivity contribution in [2.75, 3.05) is 19.3 Å². The summed E-state index contributed by atoms with van der Waals surface area (Å²) in [5.41, 5.74) is 1.81. The van der Waals surface area contributed by atoms with Gasteiger partial charge in [0, 0.05) is 12.1 Å². The highest BCUT2D eigenvalue weighted by Crippen LogP contribution is 2.30. The monoisotopic (exact) mass is 265 g/mol. The van der Waals surface area contributed by atoms with Gasteiger partial charge < -0.3 is 9.88 Å². The third kappa shape index (κ3) is 2.01. The molecule has 1 fully saturated rings. The number of hydrogen-bond acceptors (Lipinski definition) is 3. The first kappa shape index (κ1) is 12.0. The molecule has 0 amide bonds. The molecule has 3 nitrogen and oxygen atoms in total. The molecule has 0 saturated carbocycles. The fraction of sp³-hybridized carbons (Fsp3) is 0.462. The van der Waals surface area contributed by atoms with Gasteiger partial charge in [-0.2, -0.15) is 0 Å². The lowest BCUT2D eigenvalue weighted by Gasteiger charge is -2.25. The Morgan fingerprint density at radius 3 is 2.89 bits per heavy atom. The maximum Gasteiger partial charge on any atom is 0.169 e. The summed E-state index contributed by atoms with van der Waals surface area (Å²) in [5.74, 6) is -0.217. The van der Waals surface area contributed by atoms with Gasteiger partial charge in [0.1, 0.15) is 5.82 Å². The molecule has 3 rings (SSSR count). The number of imidazole rings is 1. The van der Waals surface area contributed by atoms with Gasteiger partial charge in [0.25, 0.3) is 0 Å².